The van der Waals surface area contributed by atoms with Crippen LogP contribution >= 0.6 is 11.8 Å². The molecule has 0 aromatic heterocycles. The third kappa shape index (κ3) is 5.89. The van der Waals surface area contributed by atoms with Gasteiger partial charge in [0.05, 0.1) is 0 Å². The highest BCUT2D eigenvalue weighted by Crippen LogP contribution is 2.08. The molecule has 1 aliphatic rings. The Hall–Kier alpha value is 0.270. The Bertz CT molecular complexity index is 114. The summed E-state index contributed by atoms with van der Waals surface area (Å²) in [6.07, 6.45) is 4.89. The maximum absolute atomic E-state index is 3.44. The maximum atomic E-state index is 3.44. The second kappa shape index (κ2) is 9.81. The fraction of sp³-hybridized carbons (Fsp3) is 1.00. The number of likely N-dealkylation sites (N-methyl/N-ethyl adjacent to an activating group) is 1. The topological polar surface area (TPSA) is 15.3 Å². The number of nitrogens with zero attached hydrogens (tertiary/aromatic N) is 1. The number of nitrogens with one attached hydrogen (secondary N) is 1. The minimum absolute atomic E-state index is 0.783. The third-order valence-electron chi connectivity index (χ3n) is 2.54. The monoisotopic (exact) mass is 218 g/mol. The first-order valence-electron chi connectivity index (χ1n) is 5.74. The van der Waals surface area contributed by atoms with Crippen LogP contribution in [-0.2, 0) is 0 Å². The van der Waals surface area contributed by atoms with E-state index in [0.717, 1.165) is 6.04 Å². The Morgan fingerprint density at radius 1 is 1.43 bits per heavy atom. The van der Waals surface area contributed by atoms with Crippen molar-refractivity contribution in [3.8, 4) is 0 Å². The summed E-state index contributed by atoms with van der Waals surface area (Å²) in [6, 6.07) is 0.783. The number of hydrogen-bond acceptors (Lipinski definition) is 3. The number of hydrogen-bond donors (Lipinski definition) is 1. The molecule has 0 aromatic carbocycles. The van der Waals surface area contributed by atoms with Crippen molar-refractivity contribution >= 4 is 11.8 Å². The SMILES string of the molecule is CC.CSCCN(C)C1CCCNC1. The average Bonchev–Trinajstić information content (AvgIpc) is 2.30. The zero-order chi connectivity index (χ0) is 10.8. The number of rotatable bonds is 4. The summed E-state index contributed by atoms with van der Waals surface area (Å²) in [5, 5.41) is 3.44. The van der Waals surface area contributed by atoms with Crippen molar-refractivity contribution in [3.63, 3.8) is 0 Å². The molecule has 1 atom stereocenters. The maximum Gasteiger partial charge on any atom is 0.0218 e. The van der Waals surface area contributed by atoms with Gasteiger partial charge in [-0.05, 0) is 32.7 Å². The molecule has 3 heteroatoms. The van der Waals surface area contributed by atoms with Gasteiger partial charge in [-0.15, -0.1) is 0 Å². The summed E-state index contributed by atoms with van der Waals surface area (Å²) >= 11 is 1.93. The molecule has 0 bridgehead atoms. The highest BCUT2D eigenvalue weighted by Gasteiger charge is 2.16. The molecule has 0 radical (unpaired) electrons. The van der Waals surface area contributed by atoms with Crippen molar-refractivity contribution in [3.05, 3.63) is 0 Å². The summed E-state index contributed by atoms with van der Waals surface area (Å²) in [6.45, 7) is 7.63. The predicted octanol–water partition coefficient (Wildman–Crippen LogP) is 2.06. The largest absolute Gasteiger partial charge is 0.315 e. The standard InChI is InChI=1S/C9H20N2S.C2H6/c1-11(6-7-12-2)9-4-3-5-10-8-9;1-2/h9-10H,3-8H2,1-2H3;1-2H3. The van der Waals surface area contributed by atoms with Gasteiger partial charge in [-0.1, -0.05) is 13.8 Å². The molecule has 0 amide bonds. The van der Waals surface area contributed by atoms with Gasteiger partial charge in [0.2, 0.25) is 0 Å². The van der Waals surface area contributed by atoms with E-state index in [9.17, 15) is 0 Å². The van der Waals surface area contributed by atoms with Crippen molar-refractivity contribution in [1.82, 2.24) is 10.2 Å². The third-order valence-corrected chi connectivity index (χ3v) is 3.13. The lowest BCUT2D eigenvalue weighted by molar-refractivity contribution is 0.214. The second-order valence-electron chi connectivity index (χ2n) is 3.47. The van der Waals surface area contributed by atoms with Gasteiger partial charge in [-0.25, -0.2) is 0 Å². The molecule has 86 valence electrons. The van der Waals surface area contributed by atoms with E-state index in [2.05, 4.69) is 23.5 Å². The van der Waals surface area contributed by atoms with Crippen LogP contribution in [0.1, 0.15) is 26.7 Å². The average molecular weight is 218 g/mol. The Labute approximate surface area is 93.8 Å². The van der Waals surface area contributed by atoms with Crippen LogP contribution in [0.4, 0.5) is 0 Å². The molecule has 0 aliphatic carbocycles. The molecule has 1 N–H and O–H groups in total. The van der Waals surface area contributed by atoms with Crippen molar-refractivity contribution < 1.29 is 0 Å². The van der Waals surface area contributed by atoms with E-state index in [1.807, 2.05) is 25.6 Å². The number of piperidine rings is 1. The van der Waals surface area contributed by atoms with Crippen LogP contribution in [0.3, 0.4) is 0 Å². The quantitative estimate of drug-likeness (QED) is 0.777. The molecule has 1 unspecified atom stereocenters. The van der Waals surface area contributed by atoms with Gasteiger partial charge in [0.1, 0.15) is 0 Å². The lowest BCUT2D eigenvalue weighted by atomic mass is 10.1. The van der Waals surface area contributed by atoms with Crippen molar-refractivity contribution in [2.75, 3.05) is 38.7 Å². The van der Waals surface area contributed by atoms with E-state index < -0.39 is 0 Å². The minimum Gasteiger partial charge on any atom is -0.315 e. The van der Waals surface area contributed by atoms with E-state index in [1.165, 1.54) is 38.2 Å². The Balaban J connectivity index is 0.000000791. The van der Waals surface area contributed by atoms with Gasteiger partial charge < -0.3 is 10.2 Å². The molecular formula is C11H26N2S. The predicted molar refractivity (Wildman–Crippen MR) is 68.3 cm³/mol. The zero-order valence-electron chi connectivity index (χ0n) is 10.2. The summed E-state index contributed by atoms with van der Waals surface area (Å²) < 4.78 is 0. The molecular weight excluding hydrogens is 192 g/mol. The Kier molecular flexibility index (Phi) is 10.0. The van der Waals surface area contributed by atoms with Gasteiger partial charge in [-0.3, -0.25) is 0 Å². The molecule has 14 heavy (non-hydrogen) atoms. The summed E-state index contributed by atoms with van der Waals surface area (Å²) in [7, 11) is 2.24. The van der Waals surface area contributed by atoms with Gasteiger partial charge in [0, 0.05) is 24.9 Å². The highest BCUT2D eigenvalue weighted by molar-refractivity contribution is 7.98. The van der Waals surface area contributed by atoms with Gasteiger partial charge in [0.25, 0.3) is 0 Å². The van der Waals surface area contributed by atoms with Gasteiger partial charge in [-0.2, -0.15) is 11.8 Å². The van der Waals surface area contributed by atoms with E-state index in [0.29, 0.717) is 0 Å². The first kappa shape index (κ1) is 14.3. The van der Waals surface area contributed by atoms with Crippen LogP contribution in [0, 0.1) is 0 Å². The second-order valence-corrected chi connectivity index (χ2v) is 4.46. The first-order valence-corrected chi connectivity index (χ1v) is 7.14. The highest BCUT2D eigenvalue weighted by atomic mass is 32.2. The Morgan fingerprint density at radius 3 is 2.64 bits per heavy atom. The van der Waals surface area contributed by atoms with Gasteiger partial charge in [0.15, 0.2) is 0 Å². The van der Waals surface area contributed by atoms with Crippen LogP contribution in [0.5, 0.6) is 0 Å². The summed E-state index contributed by atoms with van der Waals surface area (Å²) in [4.78, 5) is 2.49. The van der Waals surface area contributed by atoms with Crippen LogP contribution in [-0.4, -0.2) is 49.6 Å². The van der Waals surface area contributed by atoms with Crippen LogP contribution in [0.2, 0.25) is 0 Å². The molecule has 1 aliphatic heterocycles. The van der Waals surface area contributed by atoms with E-state index in [4.69, 9.17) is 0 Å². The molecule has 1 rings (SSSR count). The van der Waals surface area contributed by atoms with Crippen molar-refractivity contribution in [2.24, 2.45) is 0 Å². The summed E-state index contributed by atoms with van der Waals surface area (Å²) in [5.41, 5.74) is 0. The van der Waals surface area contributed by atoms with Crippen LogP contribution in [0.25, 0.3) is 0 Å². The van der Waals surface area contributed by atoms with E-state index >= 15 is 0 Å². The molecule has 1 heterocycles. The smallest absolute Gasteiger partial charge is 0.0218 e. The fourth-order valence-corrected chi connectivity index (χ4v) is 2.10. The van der Waals surface area contributed by atoms with E-state index in [-0.39, 0.29) is 0 Å². The van der Waals surface area contributed by atoms with E-state index in [1.54, 1.807) is 0 Å². The number of thioether (sulfide) groups is 1. The Morgan fingerprint density at radius 2 is 2.14 bits per heavy atom. The molecule has 0 aromatic rings. The molecule has 2 nitrogen and oxygen atoms in total. The zero-order valence-corrected chi connectivity index (χ0v) is 11.0. The molecule has 0 saturated carbocycles. The van der Waals surface area contributed by atoms with Crippen molar-refractivity contribution in [2.45, 2.75) is 32.7 Å². The van der Waals surface area contributed by atoms with Crippen LogP contribution < -0.4 is 5.32 Å². The normalized spacial score (nSPS) is 21.6. The lowest BCUT2D eigenvalue weighted by Gasteiger charge is -2.31. The van der Waals surface area contributed by atoms with Crippen LogP contribution in [0.15, 0.2) is 0 Å². The summed E-state index contributed by atoms with van der Waals surface area (Å²) in [5.74, 6) is 1.26. The van der Waals surface area contributed by atoms with Crippen molar-refractivity contribution in [1.29, 1.82) is 0 Å². The van der Waals surface area contributed by atoms with Gasteiger partial charge >= 0.3 is 0 Å². The molecule has 0 spiro atoms. The fourth-order valence-electron chi connectivity index (χ4n) is 1.63. The molecule has 1 saturated heterocycles. The minimum atomic E-state index is 0.783. The lowest BCUT2D eigenvalue weighted by Crippen LogP contribution is -2.44. The molecule has 1 fully saturated rings. The first-order chi connectivity index (χ1) is 6.84.